The Bertz CT molecular complexity index is 1070. The van der Waals surface area contributed by atoms with Gasteiger partial charge < -0.3 is 14.8 Å². The molecule has 2 aliphatic heterocycles. The molecule has 1 aromatic carbocycles. The second-order valence-corrected chi connectivity index (χ2v) is 8.55. The van der Waals surface area contributed by atoms with E-state index in [4.69, 9.17) is 16.6 Å². The van der Waals surface area contributed by atoms with Crippen molar-refractivity contribution in [3.63, 3.8) is 0 Å². The van der Waals surface area contributed by atoms with E-state index in [2.05, 4.69) is 24.8 Å². The first-order valence-electron chi connectivity index (χ1n) is 10.7. The second-order valence-electron chi connectivity index (χ2n) is 8.12. The van der Waals surface area contributed by atoms with Gasteiger partial charge in [0.2, 0.25) is 5.91 Å². The zero-order chi connectivity index (χ0) is 20.5. The molecular weight excluding hydrogens is 400 g/mol. The van der Waals surface area contributed by atoms with Crippen LogP contribution >= 0.6 is 11.6 Å². The summed E-state index contributed by atoms with van der Waals surface area (Å²) in [5, 5.41) is 3.74. The summed E-state index contributed by atoms with van der Waals surface area (Å²) in [6.45, 7) is 3.08. The molecule has 1 fully saturated rings. The van der Waals surface area contributed by atoms with Crippen molar-refractivity contribution in [3.05, 3.63) is 47.0 Å². The number of anilines is 1. The van der Waals surface area contributed by atoms with Crippen molar-refractivity contribution in [2.24, 2.45) is 5.92 Å². The lowest BCUT2D eigenvalue weighted by molar-refractivity contribution is -0.125. The SMILES string of the molecule is O=C(NCc1cccc(Cl)c1)C1CCN(c2ncnc3c2nc2n3CCCC2)CC1. The minimum atomic E-state index is 0.0213. The number of halogens is 1. The van der Waals surface area contributed by atoms with Crippen molar-refractivity contribution in [1.29, 1.82) is 0 Å². The van der Waals surface area contributed by atoms with Crippen LogP contribution in [0.5, 0.6) is 0 Å². The van der Waals surface area contributed by atoms with E-state index in [9.17, 15) is 4.79 Å². The Balaban J connectivity index is 1.24. The number of carbonyl (C=O) groups excluding carboxylic acids is 1. The number of carbonyl (C=O) groups is 1. The third kappa shape index (κ3) is 3.74. The molecule has 0 unspecified atom stereocenters. The van der Waals surface area contributed by atoms with Gasteiger partial charge in [-0.15, -0.1) is 0 Å². The fraction of sp³-hybridized carbons (Fsp3) is 0.455. The molecule has 5 rings (SSSR count). The van der Waals surface area contributed by atoms with Crippen molar-refractivity contribution in [2.75, 3.05) is 18.0 Å². The maximum Gasteiger partial charge on any atom is 0.223 e. The van der Waals surface area contributed by atoms with Gasteiger partial charge in [-0.05, 0) is 43.4 Å². The normalized spacial score (nSPS) is 17.2. The molecule has 0 aliphatic carbocycles. The first kappa shape index (κ1) is 19.3. The minimum Gasteiger partial charge on any atom is -0.355 e. The number of benzene rings is 1. The first-order valence-corrected chi connectivity index (χ1v) is 11.0. The van der Waals surface area contributed by atoms with Crippen molar-refractivity contribution in [1.82, 2.24) is 24.8 Å². The van der Waals surface area contributed by atoms with Gasteiger partial charge in [0.15, 0.2) is 17.0 Å². The number of fused-ring (bicyclic) bond motifs is 3. The van der Waals surface area contributed by atoms with Crippen LogP contribution in [0, 0.1) is 5.92 Å². The number of aryl methyl sites for hydroxylation is 2. The summed E-state index contributed by atoms with van der Waals surface area (Å²) in [5.74, 6) is 2.15. The summed E-state index contributed by atoms with van der Waals surface area (Å²) in [6.07, 6.45) is 6.62. The lowest BCUT2D eigenvalue weighted by Gasteiger charge is -2.32. The van der Waals surface area contributed by atoms with Gasteiger partial charge in [0.25, 0.3) is 0 Å². The number of hydrogen-bond acceptors (Lipinski definition) is 5. The van der Waals surface area contributed by atoms with E-state index in [0.29, 0.717) is 11.6 Å². The molecule has 8 heteroatoms. The number of hydrogen-bond donors (Lipinski definition) is 1. The Labute approximate surface area is 180 Å². The molecule has 0 saturated carbocycles. The second kappa shape index (κ2) is 8.22. The molecule has 1 N–H and O–H groups in total. The zero-order valence-corrected chi connectivity index (χ0v) is 17.6. The summed E-state index contributed by atoms with van der Waals surface area (Å²) in [6, 6.07) is 7.59. The Kier molecular flexibility index (Phi) is 5.29. The lowest BCUT2D eigenvalue weighted by Crippen LogP contribution is -2.40. The van der Waals surface area contributed by atoms with Gasteiger partial charge in [-0.1, -0.05) is 23.7 Å². The van der Waals surface area contributed by atoms with E-state index < -0.39 is 0 Å². The molecule has 1 amide bonds. The summed E-state index contributed by atoms with van der Waals surface area (Å²) in [4.78, 5) is 28.8. The van der Waals surface area contributed by atoms with Crippen molar-refractivity contribution < 1.29 is 4.79 Å². The smallest absolute Gasteiger partial charge is 0.223 e. The number of piperidine rings is 1. The lowest BCUT2D eigenvalue weighted by atomic mass is 9.95. The molecule has 156 valence electrons. The molecule has 0 spiro atoms. The molecule has 3 aromatic rings. The van der Waals surface area contributed by atoms with E-state index in [0.717, 1.165) is 67.3 Å². The fourth-order valence-electron chi connectivity index (χ4n) is 4.51. The molecule has 0 bridgehead atoms. The van der Waals surface area contributed by atoms with Crippen LogP contribution in [-0.4, -0.2) is 38.5 Å². The summed E-state index contributed by atoms with van der Waals surface area (Å²) < 4.78 is 2.24. The van der Waals surface area contributed by atoms with Crippen LogP contribution in [0.4, 0.5) is 5.82 Å². The van der Waals surface area contributed by atoms with Crippen LogP contribution in [0.25, 0.3) is 11.2 Å². The highest BCUT2D eigenvalue weighted by Gasteiger charge is 2.28. The predicted molar refractivity (Wildman–Crippen MR) is 116 cm³/mol. The highest BCUT2D eigenvalue weighted by molar-refractivity contribution is 6.30. The van der Waals surface area contributed by atoms with Crippen LogP contribution in [0.3, 0.4) is 0 Å². The Morgan fingerprint density at radius 3 is 2.87 bits per heavy atom. The number of nitrogens with one attached hydrogen (secondary N) is 1. The average molecular weight is 425 g/mol. The zero-order valence-electron chi connectivity index (χ0n) is 16.9. The fourth-order valence-corrected chi connectivity index (χ4v) is 4.73. The highest BCUT2D eigenvalue weighted by atomic mass is 35.5. The van der Waals surface area contributed by atoms with Crippen LogP contribution in [0.1, 0.15) is 37.1 Å². The molecule has 1 saturated heterocycles. The van der Waals surface area contributed by atoms with Gasteiger partial charge in [-0.2, -0.15) is 0 Å². The largest absolute Gasteiger partial charge is 0.355 e. The average Bonchev–Trinajstić information content (AvgIpc) is 3.16. The Hall–Kier alpha value is -2.67. The van der Waals surface area contributed by atoms with E-state index >= 15 is 0 Å². The molecule has 4 heterocycles. The van der Waals surface area contributed by atoms with Gasteiger partial charge in [0.1, 0.15) is 12.2 Å². The summed E-state index contributed by atoms with van der Waals surface area (Å²) in [7, 11) is 0. The van der Waals surface area contributed by atoms with E-state index in [-0.39, 0.29) is 11.8 Å². The van der Waals surface area contributed by atoms with Gasteiger partial charge in [-0.25, -0.2) is 15.0 Å². The van der Waals surface area contributed by atoms with Gasteiger partial charge in [-0.3, -0.25) is 4.79 Å². The number of rotatable bonds is 4. The van der Waals surface area contributed by atoms with Crippen molar-refractivity contribution >= 4 is 34.5 Å². The molecule has 0 radical (unpaired) electrons. The summed E-state index contributed by atoms with van der Waals surface area (Å²) >= 11 is 6.02. The number of amides is 1. The first-order chi connectivity index (χ1) is 14.7. The Morgan fingerprint density at radius 1 is 1.17 bits per heavy atom. The van der Waals surface area contributed by atoms with Gasteiger partial charge in [0.05, 0.1) is 0 Å². The topological polar surface area (TPSA) is 75.9 Å². The monoisotopic (exact) mass is 424 g/mol. The molecule has 0 atom stereocenters. The standard InChI is InChI=1S/C22H25ClN6O/c23-17-5-3-4-15(12-17)13-24-22(30)16-7-10-28(11-8-16)20-19-21(26-14-25-20)29-9-2-1-6-18(29)27-19/h3-5,12,14,16H,1-2,6-11,13H2,(H,24,30). The quantitative estimate of drug-likeness (QED) is 0.695. The predicted octanol–water partition coefficient (Wildman–Crippen LogP) is 3.35. The van der Waals surface area contributed by atoms with Crippen LogP contribution in [-0.2, 0) is 24.3 Å². The molecular formula is C22H25ClN6O. The maximum atomic E-state index is 12.6. The van der Waals surface area contributed by atoms with Crippen LogP contribution in [0.15, 0.2) is 30.6 Å². The number of aromatic nitrogens is 4. The van der Waals surface area contributed by atoms with Gasteiger partial charge >= 0.3 is 0 Å². The van der Waals surface area contributed by atoms with Crippen molar-refractivity contribution in [3.8, 4) is 0 Å². The van der Waals surface area contributed by atoms with Crippen LogP contribution in [0.2, 0.25) is 5.02 Å². The van der Waals surface area contributed by atoms with E-state index in [1.165, 1.54) is 12.8 Å². The third-order valence-electron chi connectivity index (χ3n) is 6.14. The molecule has 2 aliphatic rings. The Morgan fingerprint density at radius 2 is 2.03 bits per heavy atom. The van der Waals surface area contributed by atoms with Gasteiger partial charge in [0, 0.05) is 43.5 Å². The molecule has 2 aromatic heterocycles. The minimum absolute atomic E-state index is 0.0213. The molecule has 30 heavy (non-hydrogen) atoms. The third-order valence-corrected chi connectivity index (χ3v) is 6.38. The van der Waals surface area contributed by atoms with E-state index in [1.54, 1.807) is 6.33 Å². The maximum absolute atomic E-state index is 12.6. The highest BCUT2D eigenvalue weighted by Crippen LogP contribution is 2.29. The van der Waals surface area contributed by atoms with E-state index in [1.807, 2.05) is 24.3 Å². The van der Waals surface area contributed by atoms with Crippen molar-refractivity contribution in [2.45, 2.75) is 45.2 Å². The summed E-state index contributed by atoms with van der Waals surface area (Å²) in [5.41, 5.74) is 2.86. The van der Waals surface area contributed by atoms with Crippen LogP contribution < -0.4 is 10.2 Å². The number of nitrogens with zero attached hydrogens (tertiary/aromatic N) is 5. The number of imidazole rings is 1. The molecule has 7 nitrogen and oxygen atoms in total.